The summed E-state index contributed by atoms with van der Waals surface area (Å²) in [7, 11) is 0. The van der Waals surface area contributed by atoms with Gasteiger partial charge in [0.15, 0.2) is 0 Å². The molecule has 0 aliphatic carbocycles. The highest BCUT2D eigenvalue weighted by atomic mass is 79.9. The Hall–Kier alpha value is -2.62. The van der Waals surface area contributed by atoms with Gasteiger partial charge in [0, 0.05) is 18.2 Å². The van der Waals surface area contributed by atoms with E-state index in [0.29, 0.717) is 12.8 Å². The second-order valence-corrected chi connectivity index (χ2v) is 15.7. The summed E-state index contributed by atoms with van der Waals surface area (Å²) in [4.78, 5) is 49.7. The lowest BCUT2D eigenvalue weighted by molar-refractivity contribution is -0.170. The second-order valence-electron chi connectivity index (χ2n) is 14.6. The zero-order valence-electron chi connectivity index (χ0n) is 32.3. The van der Waals surface area contributed by atoms with Crippen molar-refractivity contribution in [2.24, 2.45) is 10.8 Å². The molecule has 1 rings (SSSR count). The average molecular weight is 784 g/mol. The molecule has 0 aliphatic heterocycles. The lowest BCUT2D eigenvalue weighted by Crippen LogP contribution is -2.42. The fourth-order valence-corrected chi connectivity index (χ4v) is 6.68. The Morgan fingerprint density at radius 1 is 0.588 bits per heavy atom. The number of carbonyl (C=O) groups is 4. The third-order valence-corrected chi connectivity index (χ3v) is 9.82. The summed E-state index contributed by atoms with van der Waals surface area (Å²) < 4.78 is 26.4. The van der Waals surface area contributed by atoms with Crippen LogP contribution in [-0.4, -0.2) is 57.1 Å². The fourth-order valence-electron chi connectivity index (χ4n) is 5.57. The number of alkyl halides is 1. The van der Waals surface area contributed by atoms with E-state index in [9.17, 15) is 19.2 Å². The van der Waals surface area contributed by atoms with Gasteiger partial charge in [-0.2, -0.15) is 0 Å². The molecule has 9 nitrogen and oxygen atoms in total. The predicted molar refractivity (Wildman–Crippen MR) is 205 cm³/mol. The zero-order chi connectivity index (χ0) is 37.8. The molecule has 292 valence electrons. The van der Waals surface area contributed by atoms with E-state index in [4.69, 9.17) is 23.7 Å². The number of hydrogen-bond donors (Lipinski definition) is 0. The first-order valence-corrected chi connectivity index (χ1v) is 20.3. The van der Waals surface area contributed by atoms with Crippen molar-refractivity contribution in [3.05, 3.63) is 35.9 Å². The predicted octanol–water partition coefficient (Wildman–Crippen LogP) is 11.0. The number of halogens is 1. The molecule has 0 saturated carbocycles. The van der Waals surface area contributed by atoms with E-state index in [-0.39, 0.29) is 31.3 Å². The van der Waals surface area contributed by atoms with Gasteiger partial charge in [-0.25, -0.2) is 4.79 Å². The van der Waals surface area contributed by atoms with E-state index in [0.717, 1.165) is 24.8 Å². The van der Waals surface area contributed by atoms with Gasteiger partial charge in [0.2, 0.25) is 0 Å². The summed E-state index contributed by atoms with van der Waals surface area (Å²) >= 11 is 3.68. The minimum Gasteiger partial charge on any atom is -0.466 e. The monoisotopic (exact) mass is 782 g/mol. The molecule has 0 bridgehead atoms. The number of carbonyl (C=O) groups excluding carboxylic acids is 4. The molecular formula is C41H67BrO9. The van der Waals surface area contributed by atoms with Gasteiger partial charge in [-0.05, 0) is 39.2 Å². The highest BCUT2D eigenvalue weighted by Crippen LogP contribution is 2.37. The Kier molecular flexibility index (Phi) is 25.4. The maximum absolute atomic E-state index is 13.3. The number of rotatable bonds is 30. The van der Waals surface area contributed by atoms with Crippen LogP contribution in [0, 0.1) is 10.8 Å². The van der Waals surface area contributed by atoms with Crippen molar-refractivity contribution in [3.8, 4) is 0 Å². The molecule has 0 aliphatic rings. The summed E-state index contributed by atoms with van der Waals surface area (Å²) in [6, 6.07) is 9.79. The number of hydrogen-bond acceptors (Lipinski definition) is 9. The molecule has 0 aromatic heterocycles. The Labute approximate surface area is 316 Å². The van der Waals surface area contributed by atoms with Gasteiger partial charge < -0.3 is 23.7 Å². The van der Waals surface area contributed by atoms with Crippen LogP contribution in [0.2, 0.25) is 0 Å². The lowest BCUT2D eigenvalue weighted by atomic mass is 9.86. The molecule has 10 heteroatoms. The molecule has 0 heterocycles. The van der Waals surface area contributed by atoms with Crippen LogP contribution in [0.25, 0.3) is 0 Å². The first kappa shape index (κ1) is 46.4. The van der Waals surface area contributed by atoms with E-state index >= 15 is 0 Å². The van der Waals surface area contributed by atoms with Crippen LogP contribution in [0.1, 0.15) is 161 Å². The quantitative estimate of drug-likeness (QED) is 0.0325. The molecule has 0 spiro atoms. The van der Waals surface area contributed by atoms with Crippen molar-refractivity contribution >= 4 is 40.0 Å². The number of benzene rings is 1. The maximum atomic E-state index is 13.3. The minimum absolute atomic E-state index is 0.0230. The smallest absolute Gasteiger partial charge is 0.466 e. The molecule has 0 fully saturated rings. The normalized spacial score (nSPS) is 13.1. The van der Waals surface area contributed by atoms with Gasteiger partial charge in [0.25, 0.3) is 0 Å². The Balaban J connectivity index is 2.49. The SMILES string of the molecule is CCCCCCCCCCCCCCCCCCOC(=O)C(C)(COC(=O)OCCCOC(C)=O)COC(=O)C(C)(C)CC(Br)c1ccccc1. The van der Waals surface area contributed by atoms with Gasteiger partial charge >= 0.3 is 24.1 Å². The third-order valence-electron chi connectivity index (χ3n) is 8.97. The van der Waals surface area contributed by atoms with E-state index in [1.54, 1.807) is 20.8 Å². The van der Waals surface area contributed by atoms with Crippen LogP contribution < -0.4 is 0 Å². The van der Waals surface area contributed by atoms with Gasteiger partial charge in [0.1, 0.15) is 18.6 Å². The van der Waals surface area contributed by atoms with Crippen molar-refractivity contribution in [3.63, 3.8) is 0 Å². The Morgan fingerprint density at radius 3 is 1.59 bits per heavy atom. The zero-order valence-corrected chi connectivity index (χ0v) is 33.9. The van der Waals surface area contributed by atoms with E-state index in [2.05, 4.69) is 22.9 Å². The van der Waals surface area contributed by atoms with Crippen LogP contribution in [0.15, 0.2) is 30.3 Å². The number of unbranched alkanes of at least 4 members (excludes halogenated alkanes) is 15. The molecule has 2 atom stereocenters. The summed E-state index contributed by atoms with van der Waals surface area (Å²) in [6.45, 7) is 8.29. The first-order valence-electron chi connectivity index (χ1n) is 19.4. The molecule has 1 aromatic carbocycles. The standard InChI is InChI=1S/C41H67BrO9/c1-6-7-8-9-10-11-12-13-14-15-16-17-18-19-20-24-28-48-38(45)41(5,33-51-39(46)49-30-25-29-47-34(2)43)32-50-37(44)40(3,4)31-36(42)35-26-22-21-23-27-35/h21-23,26-27,36H,6-20,24-25,28-33H2,1-5H3. The van der Waals surface area contributed by atoms with Crippen molar-refractivity contribution < 1.29 is 42.9 Å². The van der Waals surface area contributed by atoms with Crippen molar-refractivity contribution in [1.29, 1.82) is 0 Å². The van der Waals surface area contributed by atoms with Gasteiger partial charge in [0.05, 0.1) is 25.2 Å². The largest absolute Gasteiger partial charge is 0.508 e. The van der Waals surface area contributed by atoms with Crippen molar-refractivity contribution in [1.82, 2.24) is 0 Å². The molecule has 0 amide bonds. The second kappa shape index (κ2) is 28.0. The third kappa shape index (κ3) is 22.8. The number of ether oxygens (including phenoxy) is 5. The highest BCUT2D eigenvalue weighted by molar-refractivity contribution is 9.09. The first-order chi connectivity index (χ1) is 24.4. The minimum atomic E-state index is -1.44. The van der Waals surface area contributed by atoms with Crippen LogP contribution in [0.3, 0.4) is 0 Å². The van der Waals surface area contributed by atoms with E-state index in [1.807, 2.05) is 30.3 Å². The van der Waals surface area contributed by atoms with Crippen molar-refractivity contribution in [2.45, 2.75) is 155 Å². The number of esters is 3. The maximum Gasteiger partial charge on any atom is 0.508 e. The molecule has 1 aromatic rings. The summed E-state index contributed by atoms with van der Waals surface area (Å²) in [6.07, 6.45) is 19.8. The Bertz CT molecular complexity index is 1090. The van der Waals surface area contributed by atoms with Gasteiger partial charge in [-0.3, -0.25) is 14.4 Å². The van der Waals surface area contributed by atoms with Crippen molar-refractivity contribution in [2.75, 3.05) is 33.0 Å². The topological polar surface area (TPSA) is 114 Å². The molecule has 0 radical (unpaired) electrons. The summed E-state index contributed by atoms with van der Waals surface area (Å²) in [5.41, 5.74) is -1.27. The van der Waals surface area contributed by atoms with E-state index in [1.165, 1.54) is 90.4 Å². The molecule has 0 saturated heterocycles. The van der Waals surface area contributed by atoms with Gasteiger partial charge in [-0.1, -0.05) is 149 Å². The summed E-state index contributed by atoms with van der Waals surface area (Å²) in [5, 5.41) is 0. The van der Waals surface area contributed by atoms with Crippen LogP contribution >= 0.6 is 15.9 Å². The van der Waals surface area contributed by atoms with Crippen LogP contribution in [0.4, 0.5) is 4.79 Å². The molecular weight excluding hydrogens is 716 g/mol. The van der Waals surface area contributed by atoms with Crippen LogP contribution in [-0.2, 0) is 38.1 Å². The van der Waals surface area contributed by atoms with Crippen LogP contribution in [0.5, 0.6) is 0 Å². The lowest BCUT2D eigenvalue weighted by Gasteiger charge is -2.30. The van der Waals surface area contributed by atoms with E-state index < -0.39 is 41.5 Å². The Morgan fingerprint density at radius 2 is 1.06 bits per heavy atom. The molecule has 0 N–H and O–H groups in total. The average Bonchev–Trinajstić information content (AvgIpc) is 3.10. The summed E-state index contributed by atoms with van der Waals surface area (Å²) in [5.74, 6) is -1.51. The molecule has 2 unspecified atom stereocenters. The molecule has 51 heavy (non-hydrogen) atoms. The highest BCUT2D eigenvalue weighted by Gasteiger charge is 2.41. The fraction of sp³-hybridized carbons (Fsp3) is 0.756. The van der Waals surface area contributed by atoms with Gasteiger partial charge in [-0.15, -0.1) is 0 Å².